The number of carbonyl (C=O) groups excluding carboxylic acids is 1. The molecule has 3 heteroatoms. The van der Waals surface area contributed by atoms with E-state index in [1.165, 1.54) is 11.1 Å². The number of nitrogens with one attached hydrogen (secondary N) is 2. The van der Waals surface area contributed by atoms with Gasteiger partial charge in [0.2, 0.25) is 5.91 Å². The summed E-state index contributed by atoms with van der Waals surface area (Å²) in [6.07, 6.45) is 2.12. The minimum atomic E-state index is 0.0694. The van der Waals surface area contributed by atoms with Crippen molar-refractivity contribution in [3.63, 3.8) is 0 Å². The van der Waals surface area contributed by atoms with Gasteiger partial charge in [0.25, 0.3) is 0 Å². The van der Waals surface area contributed by atoms with E-state index >= 15 is 0 Å². The minimum absolute atomic E-state index is 0.0694. The van der Waals surface area contributed by atoms with Crippen LogP contribution in [0.4, 0.5) is 0 Å². The summed E-state index contributed by atoms with van der Waals surface area (Å²) in [6.45, 7) is 8.69. The molecule has 3 nitrogen and oxygen atoms in total. The number of hydrogen-bond acceptors (Lipinski definition) is 2. The molecule has 1 aromatic rings. The van der Waals surface area contributed by atoms with E-state index < -0.39 is 0 Å². The zero-order valence-corrected chi connectivity index (χ0v) is 12.5. The highest BCUT2D eigenvalue weighted by molar-refractivity contribution is 5.78. The molecule has 2 unspecified atom stereocenters. The van der Waals surface area contributed by atoms with E-state index in [-0.39, 0.29) is 18.0 Å². The quantitative estimate of drug-likeness (QED) is 0.793. The lowest BCUT2D eigenvalue weighted by Crippen LogP contribution is -2.39. The second-order valence-corrected chi connectivity index (χ2v) is 5.27. The molecule has 0 spiro atoms. The Morgan fingerprint density at radius 1 is 1.21 bits per heavy atom. The average molecular weight is 262 g/mol. The first-order valence-corrected chi connectivity index (χ1v) is 7.12. The Bertz CT molecular complexity index is 386. The van der Waals surface area contributed by atoms with E-state index in [0.717, 1.165) is 12.8 Å². The van der Waals surface area contributed by atoms with Gasteiger partial charge < -0.3 is 10.6 Å². The molecule has 106 valence electrons. The van der Waals surface area contributed by atoms with Gasteiger partial charge in [-0.15, -0.1) is 0 Å². The molecule has 1 rings (SSSR count). The number of rotatable bonds is 7. The van der Waals surface area contributed by atoms with Crippen LogP contribution in [-0.2, 0) is 4.79 Å². The van der Waals surface area contributed by atoms with E-state index in [1.54, 1.807) is 0 Å². The van der Waals surface area contributed by atoms with Crippen LogP contribution in [0, 0.1) is 6.92 Å². The first kappa shape index (κ1) is 15.7. The SMILES string of the molecule is CCCC(C)NC(=O)CNC(C)c1ccc(C)cc1. The second-order valence-electron chi connectivity index (χ2n) is 5.27. The number of amides is 1. The van der Waals surface area contributed by atoms with Crippen molar-refractivity contribution in [2.24, 2.45) is 0 Å². The van der Waals surface area contributed by atoms with Gasteiger partial charge in [0.1, 0.15) is 0 Å². The summed E-state index contributed by atoms with van der Waals surface area (Å²) >= 11 is 0. The van der Waals surface area contributed by atoms with Crippen LogP contribution in [0.15, 0.2) is 24.3 Å². The summed E-state index contributed by atoms with van der Waals surface area (Å²) in [5.74, 6) is 0.0694. The van der Waals surface area contributed by atoms with Crippen LogP contribution < -0.4 is 10.6 Å². The van der Waals surface area contributed by atoms with Crippen molar-refractivity contribution >= 4 is 5.91 Å². The highest BCUT2D eigenvalue weighted by atomic mass is 16.1. The van der Waals surface area contributed by atoms with Gasteiger partial charge in [-0.3, -0.25) is 4.79 Å². The summed E-state index contributed by atoms with van der Waals surface area (Å²) in [5.41, 5.74) is 2.46. The summed E-state index contributed by atoms with van der Waals surface area (Å²) in [4.78, 5) is 11.7. The smallest absolute Gasteiger partial charge is 0.234 e. The molecule has 2 atom stereocenters. The molecule has 0 aliphatic rings. The molecule has 0 aliphatic heterocycles. The predicted molar refractivity (Wildman–Crippen MR) is 80.1 cm³/mol. The first-order valence-electron chi connectivity index (χ1n) is 7.12. The van der Waals surface area contributed by atoms with Crippen molar-refractivity contribution < 1.29 is 4.79 Å². The van der Waals surface area contributed by atoms with Crippen LogP contribution in [0.3, 0.4) is 0 Å². The number of hydrogen-bond donors (Lipinski definition) is 2. The highest BCUT2D eigenvalue weighted by Crippen LogP contribution is 2.12. The summed E-state index contributed by atoms with van der Waals surface area (Å²) in [5, 5.41) is 6.25. The van der Waals surface area contributed by atoms with Gasteiger partial charge in [0.05, 0.1) is 6.54 Å². The molecule has 0 fully saturated rings. The lowest BCUT2D eigenvalue weighted by Gasteiger charge is -2.16. The van der Waals surface area contributed by atoms with Crippen molar-refractivity contribution in [1.82, 2.24) is 10.6 Å². The molecule has 2 N–H and O–H groups in total. The molecular weight excluding hydrogens is 236 g/mol. The Hall–Kier alpha value is -1.35. The fraction of sp³-hybridized carbons (Fsp3) is 0.562. The zero-order valence-electron chi connectivity index (χ0n) is 12.5. The third-order valence-corrected chi connectivity index (χ3v) is 3.28. The predicted octanol–water partition coefficient (Wildman–Crippen LogP) is 2.95. The fourth-order valence-electron chi connectivity index (χ4n) is 2.05. The molecule has 0 saturated carbocycles. The average Bonchev–Trinajstić information content (AvgIpc) is 2.37. The Morgan fingerprint density at radius 2 is 1.84 bits per heavy atom. The van der Waals surface area contributed by atoms with Gasteiger partial charge >= 0.3 is 0 Å². The molecule has 0 bridgehead atoms. The van der Waals surface area contributed by atoms with Crippen molar-refractivity contribution in [1.29, 1.82) is 0 Å². The molecule has 0 radical (unpaired) electrons. The van der Waals surface area contributed by atoms with E-state index in [9.17, 15) is 4.79 Å². The van der Waals surface area contributed by atoms with Gasteiger partial charge in [-0.2, -0.15) is 0 Å². The van der Waals surface area contributed by atoms with Crippen LogP contribution in [-0.4, -0.2) is 18.5 Å². The van der Waals surface area contributed by atoms with Crippen molar-refractivity contribution in [2.75, 3.05) is 6.54 Å². The first-order chi connectivity index (χ1) is 9.02. The largest absolute Gasteiger partial charge is 0.353 e. The topological polar surface area (TPSA) is 41.1 Å². The molecule has 0 saturated heterocycles. The van der Waals surface area contributed by atoms with Crippen LogP contribution in [0.5, 0.6) is 0 Å². The van der Waals surface area contributed by atoms with Gasteiger partial charge in [-0.05, 0) is 32.8 Å². The lowest BCUT2D eigenvalue weighted by molar-refractivity contribution is -0.121. The van der Waals surface area contributed by atoms with Crippen LogP contribution in [0.25, 0.3) is 0 Å². The van der Waals surface area contributed by atoms with Crippen LogP contribution in [0.1, 0.15) is 50.8 Å². The molecule has 1 amide bonds. The number of aryl methyl sites for hydroxylation is 1. The Labute approximate surface area is 116 Å². The Kier molecular flexibility index (Phi) is 6.57. The van der Waals surface area contributed by atoms with Crippen molar-refractivity contribution in [3.8, 4) is 0 Å². The van der Waals surface area contributed by atoms with E-state index in [0.29, 0.717) is 6.54 Å². The zero-order chi connectivity index (χ0) is 14.3. The third-order valence-electron chi connectivity index (χ3n) is 3.28. The summed E-state index contributed by atoms with van der Waals surface area (Å²) in [7, 11) is 0. The van der Waals surface area contributed by atoms with Crippen LogP contribution >= 0.6 is 0 Å². The molecule has 0 aromatic heterocycles. The Morgan fingerprint density at radius 3 is 2.42 bits per heavy atom. The van der Waals surface area contributed by atoms with Crippen LogP contribution in [0.2, 0.25) is 0 Å². The van der Waals surface area contributed by atoms with Gasteiger partial charge in [0.15, 0.2) is 0 Å². The van der Waals surface area contributed by atoms with E-state index in [4.69, 9.17) is 0 Å². The monoisotopic (exact) mass is 262 g/mol. The standard InChI is InChI=1S/C16H26N2O/c1-5-6-13(3)18-16(19)11-17-14(4)15-9-7-12(2)8-10-15/h7-10,13-14,17H,5-6,11H2,1-4H3,(H,18,19). The lowest BCUT2D eigenvalue weighted by atomic mass is 10.1. The summed E-state index contributed by atoms with van der Waals surface area (Å²) < 4.78 is 0. The fourth-order valence-corrected chi connectivity index (χ4v) is 2.05. The van der Waals surface area contributed by atoms with Gasteiger partial charge in [0, 0.05) is 12.1 Å². The maximum Gasteiger partial charge on any atom is 0.234 e. The van der Waals surface area contributed by atoms with E-state index in [2.05, 4.69) is 55.7 Å². The number of carbonyl (C=O) groups is 1. The van der Waals surface area contributed by atoms with E-state index in [1.807, 2.05) is 6.92 Å². The highest BCUT2D eigenvalue weighted by Gasteiger charge is 2.09. The van der Waals surface area contributed by atoms with Gasteiger partial charge in [-0.25, -0.2) is 0 Å². The normalized spacial score (nSPS) is 13.9. The molecule has 0 heterocycles. The van der Waals surface area contributed by atoms with Gasteiger partial charge in [-0.1, -0.05) is 43.2 Å². The molecule has 19 heavy (non-hydrogen) atoms. The molecule has 1 aromatic carbocycles. The maximum absolute atomic E-state index is 11.7. The second kappa shape index (κ2) is 7.95. The Balaban J connectivity index is 2.35. The van der Waals surface area contributed by atoms with Crippen molar-refractivity contribution in [3.05, 3.63) is 35.4 Å². The molecule has 0 aliphatic carbocycles. The minimum Gasteiger partial charge on any atom is -0.353 e. The third kappa shape index (κ3) is 5.88. The number of benzene rings is 1. The molecular formula is C16H26N2O. The maximum atomic E-state index is 11.7. The summed E-state index contributed by atoms with van der Waals surface area (Å²) in [6, 6.07) is 8.84. The van der Waals surface area contributed by atoms with Crippen molar-refractivity contribution in [2.45, 2.75) is 52.6 Å².